The van der Waals surface area contributed by atoms with Crippen molar-refractivity contribution < 1.29 is 4.79 Å². The van der Waals surface area contributed by atoms with Gasteiger partial charge in [0.2, 0.25) is 0 Å². The molecule has 30 heavy (non-hydrogen) atoms. The Hall–Kier alpha value is -2.90. The maximum absolute atomic E-state index is 12.6. The van der Waals surface area contributed by atoms with Gasteiger partial charge >= 0.3 is 0 Å². The number of hydrogen-bond donors (Lipinski definition) is 2. The number of Topliss-reactive ketones (excluding diaryl/α,β-unsaturated/α-hetero) is 1. The molecule has 2 N–H and O–H groups in total. The number of carbonyl (C=O) groups is 1. The second-order valence-electron chi connectivity index (χ2n) is 7.35. The largest absolute Gasteiger partial charge is 0.365 e. The predicted octanol–water partition coefficient (Wildman–Crippen LogP) is 3.31. The number of nitrogens with one attached hydrogen (secondary N) is 2. The summed E-state index contributed by atoms with van der Waals surface area (Å²) in [6, 6.07) is 5.72. The van der Waals surface area contributed by atoms with Gasteiger partial charge < -0.3 is 10.6 Å². The summed E-state index contributed by atoms with van der Waals surface area (Å²) in [5.41, 5.74) is 3.09. The van der Waals surface area contributed by atoms with Gasteiger partial charge in [-0.05, 0) is 37.1 Å². The van der Waals surface area contributed by atoms with E-state index < -0.39 is 0 Å². The van der Waals surface area contributed by atoms with E-state index in [1.165, 1.54) is 0 Å². The molecule has 3 aromatic heterocycles. The third kappa shape index (κ3) is 5.17. The van der Waals surface area contributed by atoms with Crippen LogP contribution in [0, 0.1) is 5.92 Å². The highest BCUT2D eigenvalue weighted by atomic mass is 35.5. The number of nitrogens with zero attached hydrogens (tertiary/aromatic N) is 4. The molecule has 4 rings (SSSR count). The van der Waals surface area contributed by atoms with Gasteiger partial charge in [0, 0.05) is 55.3 Å². The zero-order chi connectivity index (χ0) is 20.8. The van der Waals surface area contributed by atoms with Crippen LogP contribution >= 0.6 is 11.6 Å². The fourth-order valence-electron chi connectivity index (χ4n) is 3.50. The van der Waals surface area contributed by atoms with Crippen molar-refractivity contribution in [3.8, 4) is 11.3 Å². The molecule has 0 aromatic carbocycles. The van der Waals surface area contributed by atoms with Gasteiger partial charge in [-0.1, -0.05) is 17.7 Å². The van der Waals surface area contributed by atoms with E-state index in [2.05, 4.69) is 30.6 Å². The van der Waals surface area contributed by atoms with Crippen molar-refractivity contribution in [1.82, 2.24) is 25.3 Å². The molecule has 1 aliphatic heterocycles. The van der Waals surface area contributed by atoms with Gasteiger partial charge in [-0.25, -0.2) is 4.98 Å². The second-order valence-corrected chi connectivity index (χ2v) is 7.75. The van der Waals surface area contributed by atoms with Crippen molar-refractivity contribution in [2.75, 3.05) is 18.4 Å². The second kappa shape index (κ2) is 9.73. The maximum Gasteiger partial charge on any atom is 0.145 e. The van der Waals surface area contributed by atoms with E-state index in [1.807, 2.05) is 18.2 Å². The molecule has 0 saturated carbocycles. The number of carbonyl (C=O) groups excluding carboxylic acids is 1. The summed E-state index contributed by atoms with van der Waals surface area (Å²) in [7, 11) is 0. The highest BCUT2D eigenvalue weighted by molar-refractivity contribution is 6.33. The molecule has 1 aliphatic rings. The number of anilines is 1. The van der Waals surface area contributed by atoms with E-state index in [0.29, 0.717) is 40.8 Å². The normalized spacial score (nSPS) is 16.2. The lowest BCUT2D eigenvalue weighted by atomic mass is 9.92. The summed E-state index contributed by atoms with van der Waals surface area (Å²) in [5, 5.41) is 7.01. The number of pyridine rings is 2. The number of aromatic nitrogens is 4. The molecule has 0 amide bonds. The first kappa shape index (κ1) is 20.4. The SMILES string of the molecule is O=C(Cc1cc(-c2cncc(NCc3cccnc3)n2)c(Cl)cn1)[C@@H]1CCCNC1. The lowest BCUT2D eigenvalue weighted by Crippen LogP contribution is -2.35. The van der Waals surface area contributed by atoms with Crippen molar-refractivity contribution in [3.63, 3.8) is 0 Å². The van der Waals surface area contributed by atoms with Crippen molar-refractivity contribution in [2.24, 2.45) is 5.92 Å². The van der Waals surface area contributed by atoms with Crippen molar-refractivity contribution >= 4 is 23.2 Å². The zero-order valence-corrected chi connectivity index (χ0v) is 17.3. The third-order valence-electron chi connectivity index (χ3n) is 5.13. The lowest BCUT2D eigenvalue weighted by molar-refractivity contribution is -0.122. The van der Waals surface area contributed by atoms with Crippen molar-refractivity contribution in [3.05, 3.63) is 65.5 Å². The summed E-state index contributed by atoms with van der Waals surface area (Å²) in [6.45, 7) is 2.32. The summed E-state index contributed by atoms with van der Waals surface area (Å²) in [4.78, 5) is 30.0. The van der Waals surface area contributed by atoms with E-state index in [-0.39, 0.29) is 11.7 Å². The first-order chi connectivity index (χ1) is 14.7. The third-order valence-corrected chi connectivity index (χ3v) is 5.43. The molecular weight excluding hydrogens is 400 g/mol. The Morgan fingerprint density at radius 1 is 1.23 bits per heavy atom. The molecule has 0 radical (unpaired) electrons. The Morgan fingerprint density at radius 3 is 2.97 bits per heavy atom. The van der Waals surface area contributed by atoms with Crippen LogP contribution in [0.15, 0.2) is 49.2 Å². The molecule has 1 atom stereocenters. The minimum atomic E-state index is 0.0551. The van der Waals surface area contributed by atoms with Crippen LogP contribution in [0.4, 0.5) is 5.82 Å². The first-order valence-electron chi connectivity index (χ1n) is 10.0. The quantitative estimate of drug-likeness (QED) is 0.603. The van der Waals surface area contributed by atoms with Crippen LogP contribution in [0.1, 0.15) is 24.1 Å². The van der Waals surface area contributed by atoms with Gasteiger partial charge in [0.25, 0.3) is 0 Å². The molecule has 0 bridgehead atoms. The Bertz CT molecular complexity index is 1010. The van der Waals surface area contributed by atoms with Crippen LogP contribution < -0.4 is 10.6 Å². The molecule has 0 aliphatic carbocycles. The molecule has 1 fully saturated rings. The summed E-state index contributed by atoms with van der Waals surface area (Å²) < 4.78 is 0. The molecule has 0 spiro atoms. The van der Waals surface area contributed by atoms with Crippen molar-refractivity contribution in [1.29, 1.82) is 0 Å². The molecule has 0 unspecified atom stereocenters. The van der Waals surface area contributed by atoms with Crippen LogP contribution in [0.3, 0.4) is 0 Å². The number of piperidine rings is 1. The van der Waals surface area contributed by atoms with Crippen molar-refractivity contribution in [2.45, 2.75) is 25.8 Å². The van der Waals surface area contributed by atoms with Crippen LogP contribution in [0.25, 0.3) is 11.3 Å². The Labute approximate surface area is 180 Å². The molecule has 3 aromatic rings. The molecule has 8 heteroatoms. The van der Waals surface area contributed by atoms with Gasteiger partial charge in [-0.2, -0.15) is 0 Å². The van der Waals surface area contributed by atoms with Gasteiger partial charge in [0.05, 0.1) is 23.1 Å². The number of ketones is 1. The number of rotatable bonds is 7. The number of halogens is 1. The average Bonchev–Trinajstić information content (AvgIpc) is 2.80. The monoisotopic (exact) mass is 422 g/mol. The molecule has 4 heterocycles. The van der Waals surface area contributed by atoms with Crippen LogP contribution in [-0.2, 0) is 17.8 Å². The van der Waals surface area contributed by atoms with Crippen LogP contribution in [-0.4, -0.2) is 38.8 Å². The topological polar surface area (TPSA) is 92.7 Å². The summed E-state index contributed by atoms with van der Waals surface area (Å²) in [5.74, 6) is 0.899. The van der Waals surface area contributed by atoms with Crippen LogP contribution in [0.2, 0.25) is 5.02 Å². The molecule has 1 saturated heterocycles. The maximum atomic E-state index is 12.6. The van der Waals surface area contributed by atoms with Gasteiger partial charge in [0.15, 0.2) is 0 Å². The molecule has 154 valence electrons. The van der Waals surface area contributed by atoms with E-state index >= 15 is 0 Å². The van der Waals surface area contributed by atoms with Gasteiger partial charge in [-0.15, -0.1) is 0 Å². The lowest BCUT2D eigenvalue weighted by Gasteiger charge is -2.21. The fourth-order valence-corrected chi connectivity index (χ4v) is 3.70. The fraction of sp³-hybridized carbons (Fsp3) is 0.318. The minimum absolute atomic E-state index is 0.0551. The molecule has 7 nitrogen and oxygen atoms in total. The zero-order valence-electron chi connectivity index (χ0n) is 16.5. The predicted molar refractivity (Wildman–Crippen MR) is 116 cm³/mol. The highest BCUT2D eigenvalue weighted by Crippen LogP contribution is 2.27. The average molecular weight is 423 g/mol. The van der Waals surface area contributed by atoms with E-state index in [4.69, 9.17) is 11.6 Å². The Kier molecular flexibility index (Phi) is 6.61. The van der Waals surface area contributed by atoms with E-state index in [1.54, 1.807) is 31.0 Å². The van der Waals surface area contributed by atoms with Gasteiger partial charge in [-0.3, -0.25) is 19.7 Å². The molecular formula is C22H23ClN6O. The Balaban J connectivity index is 1.49. The summed E-state index contributed by atoms with van der Waals surface area (Å²) >= 11 is 6.39. The smallest absolute Gasteiger partial charge is 0.145 e. The summed E-state index contributed by atoms with van der Waals surface area (Å²) in [6.07, 6.45) is 10.7. The van der Waals surface area contributed by atoms with Gasteiger partial charge in [0.1, 0.15) is 11.6 Å². The standard InChI is InChI=1S/C22H23ClN6O/c23-19-12-27-17(8-21(30)16-4-2-6-25-11-16)7-18(19)20-13-26-14-22(29-20)28-10-15-3-1-5-24-9-15/h1,3,5,7,9,12-14,16,25H,2,4,6,8,10-11H2,(H,28,29)/t16-/m1/s1. The highest BCUT2D eigenvalue weighted by Gasteiger charge is 2.21. The van der Waals surface area contributed by atoms with Crippen LogP contribution in [0.5, 0.6) is 0 Å². The first-order valence-corrected chi connectivity index (χ1v) is 10.4. The number of hydrogen-bond acceptors (Lipinski definition) is 7. The van der Waals surface area contributed by atoms with E-state index in [9.17, 15) is 4.79 Å². The Morgan fingerprint density at radius 2 is 2.17 bits per heavy atom. The minimum Gasteiger partial charge on any atom is -0.365 e. The van der Waals surface area contributed by atoms with E-state index in [0.717, 1.165) is 31.5 Å².